The Hall–Kier alpha value is -1.45. The average Bonchev–Trinajstić information content (AvgIpc) is 2.77. The third-order valence-corrected chi connectivity index (χ3v) is 5.16. The number of nitrogens with zero attached hydrogens (tertiary/aromatic N) is 2. The molecule has 8 nitrogen and oxygen atoms in total. The van der Waals surface area contributed by atoms with E-state index >= 15 is 0 Å². The first-order chi connectivity index (χ1) is 9.84. The van der Waals surface area contributed by atoms with Crippen LogP contribution in [-0.4, -0.2) is 62.8 Å². The summed E-state index contributed by atoms with van der Waals surface area (Å²) in [6.07, 6.45) is -0.0185. The highest BCUT2D eigenvalue weighted by Crippen LogP contribution is 2.21. The van der Waals surface area contributed by atoms with Crippen molar-refractivity contribution in [3.05, 3.63) is 11.4 Å². The topological polar surface area (TPSA) is 102 Å². The lowest BCUT2D eigenvalue weighted by molar-refractivity contribution is -0.140. The minimum Gasteiger partial charge on any atom is -0.469 e. The number of sulfonamides is 1. The number of carbonyl (C=O) groups excluding carboxylic acids is 1. The molecule has 0 saturated heterocycles. The molecule has 0 radical (unpaired) electrons. The van der Waals surface area contributed by atoms with E-state index in [-0.39, 0.29) is 31.0 Å². The minimum absolute atomic E-state index is 0.0185. The van der Waals surface area contributed by atoms with E-state index in [2.05, 4.69) is 14.9 Å². The number of methoxy groups -OCH3 is 2. The number of carbonyl (C=O) groups is 1. The van der Waals surface area contributed by atoms with Crippen molar-refractivity contribution in [3.63, 3.8) is 0 Å². The van der Waals surface area contributed by atoms with E-state index in [0.717, 1.165) is 0 Å². The summed E-state index contributed by atoms with van der Waals surface area (Å²) in [5, 5.41) is 6.55. The van der Waals surface area contributed by atoms with Crippen LogP contribution in [0.4, 0.5) is 0 Å². The standard InChI is InChI=1S/C12H21N3O5S/c1-9-12(10(2)14-13-9)21(17,18)15(7-8-19-3)6-5-11(16)20-4/h5-8H2,1-4H3,(H,13,14). The Morgan fingerprint density at radius 2 is 1.95 bits per heavy atom. The van der Waals surface area contributed by atoms with Gasteiger partial charge in [-0.2, -0.15) is 9.40 Å². The molecule has 0 aliphatic heterocycles. The molecule has 21 heavy (non-hydrogen) atoms. The van der Waals surface area contributed by atoms with Crippen LogP contribution in [0.5, 0.6) is 0 Å². The zero-order valence-electron chi connectivity index (χ0n) is 12.7. The van der Waals surface area contributed by atoms with Gasteiger partial charge >= 0.3 is 5.97 Å². The number of aromatic nitrogens is 2. The molecule has 1 aromatic heterocycles. The van der Waals surface area contributed by atoms with Gasteiger partial charge in [0.25, 0.3) is 0 Å². The highest BCUT2D eigenvalue weighted by atomic mass is 32.2. The first kappa shape index (κ1) is 17.6. The summed E-state index contributed by atoms with van der Waals surface area (Å²) in [4.78, 5) is 11.4. The van der Waals surface area contributed by atoms with E-state index in [4.69, 9.17) is 4.74 Å². The number of nitrogens with one attached hydrogen (secondary N) is 1. The molecule has 0 fully saturated rings. The predicted octanol–water partition coefficient (Wildman–Crippen LogP) is 0.227. The average molecular weight is 319 g/mol. The van der Waals surface area contributed by atoms with E-state index in [1.54, 1.807) is 13.8 Å². The Morgan fingerprint density at radius 3 is 2.43 bits per heavy atom. The molecule has 0 saturated carbocycles. The van der Waals surface area contributed by atoms with Crippen molar-refractivity contribution >= 4 is 16.0 Å². The molecule has 0 spiro atoms. The van der Waals surface area contributed by atoms with Crippen LogP contribution >= 0.6 is 0 Å². The van der Waals surface area contributed by atoms with E-state index < -0.39 is 16.0 Å². The quantitative estimate of drug-likeness (QED) is 0.688. The first-order valence-electron chi connectivity index (χ1n) is 6.42. The number of hydrogen-bond acceptors (Lipinski definition) is 6. The van der Waals surface area contributed by atoms with Gasteiger partial charge in [-0.3, -0.25) is 9.89 Å². The van der Waals surface area contributed by atoms with Crippen LogP contribution in [0.1, 0.15) is 17.8 Å². The fourth-order valence-electron chi connectivity index (χ4n) is 1.91. The Bertz CT molecular complexity index is 562. The molecule has 0 aliphatic rings. The van der Waals surface area contributed by atoms with E-state index in [9.17, 15) is 13.2 Å². The number of rotatable bonds is 8. The molecule has 0 atom stereocenters. The normalized spacial score (nSPS) is 11.9. The Kier molecular flexibility index (Phi) is 6.31. The molecule has 120 valence electrons. The molecule has 0 amide bonds. The maximum Gasteiger partial charge on any atom is 0.306 e. The van der Waals surface area contributed by atoms with E-state index in [1.165, 1.54) is 18.5 Å². The first-order valence-corrected chi connectivity index (χ1v) is 7.86. The van der Waals surface area contributed by atoms with Gasteiger partial charge in [0, 0.05) is 20.2 Å². The van der Waals surface area contributed by atoms with Gasteiger partial charge in [-0.15, -0.1) is 0 Å². The Labute approximate surface area is 124 Å². The van der Waals surface area contributed by atoms with Gasteiger partial charge in [0.05, 0.1) is 31.5 Å². The van der Waals surface area contributed by atoms with Crippen LogP contribution in [0.15, 0.2) is 4.90 Å². The lowest BCUT2D eigenvalue weighted by atomic mass is 10.4. The third kappa shape index (κ3) is 4.26. The molecule has 0 unspecified atom stereocenters. The lowest BCUT2D eigenvalue weighted by Crippen LogP contribution is -2.36. The third-order valence-electron chi connectivity index (χ3n) is 3.00. The van der Waals surface area contributed by atoms with Crippen molar-refractivity contribution in [2.45, 2.75) is 25.2 Å². The van der Waals surface area contributed by atoms with Crippen LogP contribution in [0.3, 0.4) is 0 Å². The maximum atomic E-state index is 12.7. The molecule has 0 bridgehead atoms. The monoisotopic (exact) mass is 319 g/mol. The van der Waals surface area contributed by atoms with Crippen LogP contribution in [0.2, 0.25) is 0 Å². The molecular formula is C12H21N3O5S. The van der Waals surface area contributed by atoms with Crippen molar-refractivity contribution < 1.29 is 22.7 Å². The second kappa shape index (κ2) is 7.53. The van der Waals surface area contributed by atoms with Crippen LogP contribution in [-0.2, 0) is 24.3 Å². The molecule has 0 aliphatic carbocycles. The van der Waals surface area contributed by atoms with Gasteiger partial charge in [-0.05, 0) is 13.8 Å². The van der Waals surface area contributed by atoms with Gasteiger partial charge in [0.1, 0.15) is 4.90 Å². The van der Waals surface area contributed by atoms with Crippen molar-refractivity contribution in [2.75, 3.05) is 33.9 Å². The highest BCUT2D eigenvalue weighted by molar-refractivity contribution is 7.89. The fraction of sp³-hybridized carbons (Fsp3) is 0.667. The summed E-state index contributed by atoms with van der Waals surface area (Å²) in [5.41, 5.74) is 0.862. The molecule has 1 N–H and O–H groups in total. The second-order valence-electron chi connectivity index (χ2n) is 4.49. The van der Waals surface area contributed by atoms with Gasteiger partial charge < -0.3 is 9.47 Å². The lowest BCUT2D eigenvalue weighted by Gasteiger charge is -2.21. The zero-order chi connectivity index (χ0) is 16.0. The van der Waals surface area contributed by atoms with Gasteiger partial charge in [0.2, 0.25) is 10.0 Å². The molecular weight excluding hydrogens is 298 g/mol. The van der Waals surface area contributed by atoms with Crippen LogP contribution < -0.4 is 0 Å². The number of ether oxygens (including phenoxy) is 2. The molecule has 1 aromatic rings. The zero-order valence-corrected chi connectivity index (χ0v) is 13.5. The second-order valence-corrected chi connectivity index (χ2v) is 6.36. The van der Waals surface area contributed by atoms with Crippen LogP contribution in [0.25, 0.3) is 0 Å². The van der Waals surface area contributed by atoms with Crippen molar-refractivity contribution in [1.29, 1.82) is 0 Å². The molecule has 0 aromatic carbocycles. The fourth-order valence-corrected chi connectivity index (χ4v) is 3.67. The SMILES string of the molecule is COCCN(CCC(=O)OC)S(=O)(=O)c1c(C)n[nH]c1C. The number of esters is 1. The summed E-state index contributed by atoms with van der Waals surface area (Å²) in [7, 11) is -0.993. The van der Waals surface area contributed by atoms with Crippen molar-refractivity contribution in [1.82, 2.24) is 14.5 Å². The number of hydrogen-bond donors (Lipinski definition) is 1. The Balaban J connectivity index is 3.03. The highest BCUT2D eigenvalue weighted by Gasteiger charge is 2.29. The summed E-state index contributed by atoms with van der Waals surface area (Å²) in [6.45, 7) is 3.67. The summed E-state index contributed by atoms with van der Waals surface area (Å²) in [5.74, 6) is -0.465. The minimum atomic E-state index is -3.74. The van der Waals surface area contributed by atoms with E-state index in [0.29, 0.717) is 11.4 Å². The smallest absolute Gasteiger partial charge is 0.306 e. The van der Waals surface area contributed by atoms with Crippen molar-refractivity contribution in [2.24, 2.45) is 0 Å². The number of aryl methyl sites for hydroxylation is 2. The summed E-state index contributed by atoms with van der Waals surface area (Å²) >= 11 is 0. The van der Waals surface area contributed by atoms with Gasteiger partial charge in [0.15, 0.2) is 0 Å². The predicted molar refractivity (Wildman–Crippen MR) is 75.3 cm³/mol. The van der Waals surface area contributed by atoms with E-state index in [1.807, 2.05) is 0 Å². The molecule has 1 heterocycles. The Morgan fingerprint density at radius 1 is 1.29 bits per heavy atom. The van der Waals surface area contributed by atoms with Crippen molar-refractivity contribution in [3.8, 4) is 0 Å². The number of aromatic amines is 1. The van der Waals surface area contributed by atoms with Gasteiger partial charge in [-0.25, -0.2) is 8.42 Å². The summed E-state index contributed by atoms with van der Waals surface area (Å²) < 4.78 is 36.1. The molecule has 9 heteroatoms. The maximum absolute atomic E-state index is 12.7. The largest absolute Gasteiger partial charge is 0.469 e. The van der Waals surface area contributed by atoms with Gasteiger partial charge in [-0.1, -0.05) is 0 Å². The molecule has 1 rings (SSSR count). The summed E-state index contributed by atoms with van der Waals surface area (Å²) in [6, 6.07) is 0. The van der Waals surface area contributed by atoms with Crippen LogP contribution in [0, 0.1) is 13.8 Å². The number of H-pyrrole nitrogens is 1.